The maximum atomic E-state index is 11.7. The summed E-state index contributed by atoms with van der Waals surface area (Å²) in [6.45, 7) is 2.06. The van der Waals surface area contributed by atoms with Crippen molar-refractivity contribution < 1.29 is 9.53 Å². The van der Waals surface area contributed by atoms with Gasteiger partial charge in [-0.3, -0.25) is 4.79 Å². The second-order valence-electron chi connectivity index (χ2n) is 4.93. The average Bonchev–Trinajstić information content (AvgIpc) is 2.35. The molecule has 1 aromatic carbocycles. The zero-order chi connectivity index (χ0) is 11.3. The van der Waals surface area contributed by atoms with Crippen LogP contribution in [0.15, 0.2) is 18.2 Å². The SMILES string of the molecule is COc1ccc2c(c1)CCC1C(=O)C(C)C21. The van der Waals surface area contributed by atoms with Crippen LogP contribution in [0.25, 0.3) is 0 Å². The van der Waals surface area contributed by atoms with Gasteiger partial charge in [-0.1, -0.05) is 13.0 Å². The summed E-state index contributed by atoms with van der Waals surface area (Å²) >= 11 is 0. The number of fused-ring (bicyclic) bond motifs is 3. The number of methoxy groups -OCH3 is 1. The Bertz CT molecular complexity index is 450. The third-order valence-electron chi connectivity index (χ3n) is 4.22. The Morgan fingerprint density at radius 3 is 2.94 bits per heavy atom. The summed E-state index contributed by atoms with van der Waals surface area (Å²) in [6.07, 6.45) is 2.04. The van der Waals surface area contributed by atoms with Gasteiger partial charge in [0.1, 0.15) is 11.5 Å². The molecule has 1 aromatic rings. The van der Waals surface area contributed by atoms with Gasteiger partial charge in [0.05, 0.1) is 7.11 Å². The second-order valence-corrected chi connectivity index (χ2v) is 4.93. The third kappa shape index (κ3) is 1.16. The molecule has 0 N–H and O–H groups in total. The molecule has 2 nitrogen and oxygen atoms in total. The summed E-state index contributed by atoms with van der Waals surface area (Å²) in [6, 6.07) is 6.28. The molecule has 0 amide bonds. The Labute approximate surface area is 95.6 Å². The summed E-state index contributed by atoms with van der Waals surface area (Å²) in [5, 5.41) is 0. The Morgan fingerprint density at radius 2 is 2.19 bits per heavy atom. The molecule has 0 radical (unpaired) electrons. The highest BCUT2D eigenvalue weighted by Gasteiger charge is 2.49. The molecular formula is C14H16O2. The highest BCUT2D eigenvalue weighted by atomic mass is 16.5. The van der Waals surface area contributed by atoms with Crippen molar-refractivity contribution in [3.05, 3.63) is 29.3 Å². The van der Waals surface area contributed by atoms with Crippen LogP contribution in [0.2, 0.25) is 0 Å². The Morgan fingerprint density at radius 1 is 1.38 bits per heavy atom. The van der Waals surface area contributed by atoms with Crippen molar-refractivity contribution in [1.82, 2.24) is 0 Å². The number of ether oxygens (including phenoxy) is 1. The first-order chi connectivity index (χ1) is 7.72. The standard InChI is InChI=1S/C14H16O2/c1-8-13-11-6-4-10(16-2)7-9(11)3-5-12(13)14(8)15/h4,6-8,12-13H,3,5H2,1-2H3. The van der Waals surface area contributed by atoms with E-state index >= 15 is 0 Å². The lowest BCUT2D eigenvalue weighted by Gasteiger charge is -2.45. The average molecular weight is 216 g/mol. The molecule has 0 spiro atoms. The molecule has 3 atom stereocenters. The van der Waals surface area contributed by atoms with Crippen LogP contribution in [0, 0.1) is 11.8 Å². The molecule has 0 aromatic heterocycles. The topological polar surface area (TPSA) is 26.3 Å². The Kier molecular flexibility index (Phi) is 2.06. The van der Waals surface area contributed by atoms with E-state index in [1.807, 2.05) is 6.07 Å². The van der Waals surface area contributed by atoms with Crippen LogP contribution in [-0.4, -0.2) is 12.9 Å². The largest absolute Gasteiger partial charge is 0.497 e. The molecule has 0 saturated heterocycles. The van der Waals surface area contributed by atoms with Gasteiger partial charge in [0.2, 0.25) is 0 Å². The van der Waals surface area contributed by atoms with Crippen LogP contribution >= 0.6 is 0 Å². The molecule has 0 heterocycles. The minimum absolute atomic E-state index is 0.220. The van der Waals surface area contributed by atoms with Crippen molar-refractivity contribution in [1.29, 1.82) is 0 Å². The van der Waals surface area contributed by atoms with Gasteiger partial charge in [-0.05, 0) is 36.1 Å². The number of Topliss-reactive ketones (excluding diaryl/α,β-unsaturated/α-hetero) is 1. The van der Waals surface area contributed by atoms with Gasteiger partial charge < -0.3 is 4.74 Å². The number of aryl methyl sites for hydroxylation is 1. The van der Waals surface area contributed by atoms with Crippen molar-refractivity contribution in [2.24, 2.45) is 11.8 Å². The van der Waals surface area contributed by atoms with Crippen molar-refractivity contribution in [3.8, 4) is 5.75 Å². The Hall–Kier alpha value is -1.31. The number of carbonyl (C=O) groups is 1. The van der Waals surface area contributed by atoms with Gasteiger partial charge in [-0.2, -0.15) is 0 Å². The van der Waals surface area contributed by atoms with Crippen LogP contribution < -0.4 is 4.74 Å². The highest BCUT2D eigenvalue weighted by Crippen LogP contribution is 2.51. The first-order valence-corrected chi connectivity index (χ1v) is 5.93. The van der Waals surface area contributed by atoms with Gasteiger partial charge in [-0.15, -0.1) is 0 Å². The predicted octanol–water partition coefficient (Wildman–Crippen LogP) is 2.56. The molecule has 1 saturated carbocycles. The van der Waals surface area contributed by atoms with E-state index in [2.05, 4.69) is 19.1 Å². The summed E-state index contributed by atoms with van der Waals surface area (Å²) in [4.78, 5) is 11.7. The summed E-state index contributed by atoms with van der Waals surface area (Å²) in [5.41, 5.74) is 2.75. The van der Waals surface area contributed by atoms with Crippen molar-refractivity contribution >= 4 is 5.78 Å². The monoisotopic (exact) mass is 216 g/mol. The summed E-state index contributed by atoms with van der Waals surface area (Å²) in [5.74, 6) is 2.39. The fourth-order valence-corrected chi connectivity index (χ4v) is 3.29. The second kappa shape index (κ2) is 3.34. The van der Waals surface area contributed by atoms with E-state index < -0.39 is 0 Å². The minimum Gasteiger partial charge on any atom is -0.497 e. The van der Waals surface area contributed by atoms with Gasteiger partial charge in [-0.25, -0.2) is 0 Å². The predicted molar refractivity (Wildman–Crippen MR) is 61.7 cm³/mol. The molecule has 2 heteroatoms. The smallest absolute Gasteiger partial charge is 0.140 e. The number of rotatable bonds is 1. The lowest BCUT2D eigenvalue weighted by molar-refractivity contribution is -0.138. The number of benzene rings is 1. The number of hydrogen-bond acceptors (Lipinski definition) is 2. The Balaban J connectivity index is 2.01. The minimum atomic E-state index is 0.220. The van der Waals surface area contributed by atoms with Gasteiger partial charge in [0.15, 0.2) is 0 Å². The molecular weight excluding hydrogens is 200 g/mol. The molecule has 84 valence electrons. The van der Waals surface area contributed by atoms with Gasteiger partial charge in [0.25, 0.3) is 0 Å². The van der Waals surface area contributed by atoms with E-state index in [9.17, 15) is 4.79 Å². The molecule has 2 aliphatic carbocycles. The molecule has 0 bridgehead atoms. The lowest BCUT2D eigenvalue weighted by atomic mass is 9.56. The van der Waals surface area contributed by atoms with E-state index in [0.717, 1.165) is 18.6 Å². The fraction of sp³-hybridized carbons (Fsp3) is 0.500. The number of hydrogen-bond donors (Lipinski definition) is 0. The maximum Gasteiger partial charge on any atom is 0.140 e. The van der Waals surface area contributed by atoms with Crippen LogP contribution in [-0.2, 0) is 11.2 Å². The normalized spacial score (nSPS) is 31.4. The first kappa shape index (κ1) is 9.88. The number of carbonyl (C=O) groups excluding carboxylic acids is 1. The van der Waals surface area contributed by atoms with E-state index in [1.165, 1.54) is 11.1 Å². The van der Waals surface area contributed by atoms with Gasteiger partial charge >= 0.3 is 0 Å². The van der Waals surface area contributed by atoms with Crippen LogP contribution in [0.1, 0.15) is 30.4 Å². The molecule has 3 rings (SSSR count). The quantitative estimate of drug-likeness (QED) is 0.721. The van der Waals surface area contributed by atoms with E-state index in [0.29, 0.717) is 17.6 Å². The molecule has 1 fully saturated rings. The summed E-state index contributed by atoms with van der Waals surface area (Å²) < 4.78 is 5.24. The van der Waals surface area contributed by atoms with Crippen LogP contribution in [0.5, 0.6) is 5.75 Å². The zero-order valence-electron chi connectivity index (χ0n) is 9.69. The van der Waals surface area contributed by atoms with Crippen molar-refractivity contribution in [3.63, 3.8) is 0 Å². The van der Waals surface area contributed by atoms with Crippen molar-refractivity contribution in [2.45, 2.75) is 25.7 Å². The molecule has 0 aliphatic heterocycles. The molecule has 16 heavy (non-hydrogen) atoms. The van der Waals surface area contributed by atoms with E-state index in [-0.39, 0.29) is 5.92 Å². The lowest BCUT2D eigenvalue weighted by Crippen LogP contribution is -2.46. The maximum absolute atomic E-state index is 11.7. The van der Waals surface area contributed by atoms with E-state index in [4.69, 9.17) is 4.74 Å². The van der Waals surface area contributed by atoms with Gasteiger partial charge in [0, 0.05) is 17.8 Å². The summed E-state index contributed by atoms with van der Waals surface area (Å²) in [7, 11) is 1.70. The van der Waals surface area contributed by atoms with E-state index in [1.54, 1.807) is 7.11 Å². The third-order valence-corrected chi connectivity index (χ3v) is 4.22. The molecule has 2 aliphatic rings. The van der Waals surface area contributed by atoms with Crippen LogP contribution in [0.3, 0.4) is 0 Å². The highest BCUT2D eigenvalue weighted by molar-refractivity contribution is 5.92. The number of ketones is 1. The first-order valence-electron chi connectivity index (χ1n) is 5.93. The van der Waals surface area contributed by atoms with Crippen LogP contribution in [0.4, 0.5) is 0 Å². The zero-order valence-corrected chi connectivity index (χ0v) is 9.69. The van der Waals surface area contributed by atoms with Crippen molar-refractivity contribution in [2.75, 3.05) is 7.11 Å². The molecule has 3 unspecified atom stereocenters. The fourth-order valence-electron chi connectivity index (χ4n) is 3.29.